The number of piperazine rings is 1. The van der Waals surface area contributed by atoms with Crippen molar-refractivity contribution in [2.45, 2.75) is 26.4 Å². The molecule has 3 aromatic carbocycles. The van der Waals surface area contributed by atoms with Gasteiger partial charge >= 0.3 is 0 Å². The molecule has 2 heterocycles. The molecule has 0 bridgehead atoms. The average molecular weight is 437 g/mol. The molecule has 0 spiro atoms. The molecule has 168 valence electrons. The molecule has 0 unspecified atom stereocenters. The molecule has 0 atom stereocenters. The van der Waals surface area contributed by atoms with Crippen molar-refractivity contribution < 1.29 is 0 Å². The first-order valence-electron chi connectivity index (χ1n) is 11.9. The van der Waals surface area contributed by atoms with Crippen LogP contribution in [0.5, 0.6) is 0 Å². The molecule has 1 N–H and O–H groups in total. The molecule has 0 amide bonds. The van der Waals surface area contributed by atoms with Crippen molar-refractivity contribution in [3.63, 3.8) is 0 Å². The number of hydrogen-bond acceptors (Lipinski definition) is 3. The van der Waals surface area contributed by atoms with Crippen LogP contribution < -0.4 is 0 Å². The first-order valence-corrected chi connectivity index (χ1v) is 11.9. The molecular weight excluding hydrogens is 404 g/mol. The molecule has 0 saturated carbocycles. The van der Waals surface area contributed by atoms with E-state index in [4.69, 9.17) is 4.98 Å². The minimum atomic E-state index is 0.301. The maximum Gasteiger partial charge on any atom is 0.137 e. The quantitative estimate of drug-likeness (QED) is 0.427. The first-order chi connectivity index (χ1) is 16.2. The molecule has 1 aliphatic heterocycles. The number of hydrogen-bond donors (Lipinski definition) is 1. The number of nitrogens with zero attached hydrogens (tertiary/aromatic N) is 3. The van der Waals surface area contributed by atoms with Gasteiger partial charge in [-0.3, -0.25) is 9.80 Å². The van der Waals surface area contributed by atoms with Crippen LogP contribution >= 0.6 is 0 Å². The molecule has 1 aliphatic rings. The molecule has 4 nitrogen and oxygen atoms in total. The van der Waals surface area contributed by atoms with Crippen molar-refractivity contribution in [3.05, 3.63) is 113 Å². The van der Waals surface area contributed by atoms with Crippen LogP contribution in [0.4, 0.5) is 0 Å². The van der Waals surface area contributed by atoms with E-state index in [1.165, 1.54) is 22.4 Å². The van der Waals surface area contributed by atoms with E-state index in [0.29, 0.717) is 6.04 Å². The maximum atomic E-state index is 4.95. The fourth-order valence-corrected chi connectivity index (χ4v) is 4.86. The van der Waals surface area contributed by atoms with E-state index < -0.39 is 0 Å². The smallest absolute Gasteiger partial charge is 0.137 e. The van der Waals surface area contributed by atoms with Crippen LogP contribution in [0.3, 0.4) is 0 Å². The third kappa shape index (κ3) is 4.92. The lowest BCUT2D eigenvalue weighted by atomic mass is 9.96. The topological polar surface area (TPSA) is 35.2 Å². The molecule has 33 heavy (non-hydrogen) atoms. The molecule has 4 aromatic rings. The van der Waals surface area contributed by atoms with Gasteiger partial charge in [0.05, 0.1) is 11.7 Å². The highest BCUT2D eigenvalue weighted by atomic mass is 15.3. The predicted octanol–water partition coefficient (Wildman–Crippen LogP) is 5.60. The second-order valence-corrected chi connectivity index (χ2v) is 9.06. The second-order valence-electron chi connectivity index (χ2n) is 9.06. The van der Waals surface area contributed by atoms with Gasteiger partial charge in [-0.25, -0.2) is 4.98 Å². The fourth-order valence-electron chi connectivity index (χ4n) is 4.86. The summed E-state index contributed by atoms with van der Waals surface area (Å²) in [7, 11) is 0. The van der Waals surface area contributed by atoms with Gasteiger partial charge in [0, 0.05) is 44.0 Å². The zero-order valence-electron chi connectivity index (χ0n) is 19.5. The molecule has 1 aromatic heterocycles. The maximum absolute atomic E-state index is 4.95. The number of nitrogens with one attached hydrogen (secondary N) is 1. The molecule has 0 radical (unpaired) electrons. The normalized spacial score (nSPS) is 15.2. The number of aromatic nitrogens is 2. The van der Waals surface area contributed by atoms with E-state index in [1.54, 1.807) is 0 Å². The summed E-state index contributed by atoms with van der Waals surface area (Å²) in [4.78, 5) is 13.6. The molecule has 1 fully saturated rings. The largest absolute Gasteiger partial charge is 0.342 e. The standard InChI is InChI=1S/C29H32N4/c1-22-10-9-15-26(20-22)29-30-23(2)27(31-29)21-32-16-18-33(19-17-32)28(24-11-5-3-6-12-24)25-13-7-4-8-14-25/h3-15,20,28H,16-19,21H2,1-2H3,(H,30,31). The summed E-state index contributed by atoms with van der Waals surface area (Å²) in [6.07, 6.45) is 0. The number of aromatic amines is 1. The van der Waals surface area contributed by atoms with Gasteiger partial charge in [-0.05, 0) is 31.0 Å². The van der Waals surface area contributed by atoms with E-state index in [1.807, 2.05) is 0 Å². The number of aryl methyl sites for hydroxylation is 2. The van der Waals surface area contributed by atoms with Crippen LogP contribution in [0.1, 0.15) is 34.1 Å². The number of imidazole rings is 1. The zero-order chi connectivity index (χ0) is 22.6. The monoisotopic (exact) mass is 436 g/mol. The molecule has 0 aliphatic carbocycles. The Morgan fingerprint density at radius 3 is 2.03 bits per heavy atom. The Bertz CT molecular complexity index is 1140. The van der Waals surface area contributed by atoms with Crippen molar-refractivity contribution in [2.24, 2.45) is 0 Å². The Kier molecular flexibility index (Phi) is 6.38. The Labute approximate surface area is 196 Å². The van der Waals surface area contributed by atoms with Gasteiger partial charge in [-0.15, -0.1) is 0 Å². The van der Waals surface area contributed by atoms with Crippen LogP contribution in [0, 0.1) is 13.8 Å². The zero-order valence-corrected chi connectivity index (χ0v) is 19.5. The molecular formula is C29H32N4. The highest BCUT2D eigenvalue weighted by Crippen LogP contribution is 2.30. The van der Waals surface area contributed by atoms with Crippen molar-refractivity contribution in [2.75, 3.05) is 26.2 Å². The van der Waals surface area contributed by atoms with Crippen LogP contribution in [-0.4, -0.2) is 45.9 Å². The van der Waals surface area contributed by atoms with E-state index in [2.05, 4.69) is 114 Å². The van der Waals surface area contributed by atoms with E-state index in [-0.39, 0.29) is 0 Å². The molecule has 5 rings (SSSR count). The van der Waals surface area contributed by atoms with Gasteiger partial charge in [-0.1, -0.05) is 84.4 Å². The van der Waals surface area contributed by atoms with Gasteiger partial charge < -0.3 is 4.98 Å². The Balaban J connectivity index is 1.28. The fraction of sp³-hybridized carbons (Fsp3) is 0.276. The minimum Gasteiger partial charge on any atom is -0.342 e. The lowest BCUT2D eigenvalue weighted by molar-refractivity contribution is 0.104. The lowest BCUT2D eigenvalue weighted by Gasteiger charge is -2.39. The molecule has 4 heteroatoms. The molecule has 1 saturated heterocycles. The highest BCUT2D eigenvalue weighted by molar-refractivity contribution is 5.57. The lowest BCUT2D eigenvalue weighted by Crippen LogP contribution is -2.47. The van der Waals surface area contributed by atoms with Gasteiger partial charge in [0.1, 0.15) is 5.82 Å². The van der Waals surface area contributed by atoms with Gasteiger partial charge in [0.25, 0.3) is 0 Å². The van der Waals surface area contributed by atoms with Crippen LogP contribution in [0.25, 0.3) is 11.4 Å². The number of H-pyrrole nitrogens is 1. The second kappa shape index (κ2) is 9.74. The minimum absolute atomic E-state index is 0.301. The third-order valence-corrected chi connectivity index (χ3v) is 6.65. The summed E-state index contributed by atoms with van der Waals surface area (Å²) in [6.45, 7) is 9.33. The number of rotatable bonds is 6. The van der Waals surface area contributed by atoms with Crippen molar-refractivity contribution >= 4 is 0 Å². The van der Waals surface area contributed by atoms with Gasteiger partial charge in [-0.2, -0.15) is 0 Å². The van der Waals surface area contributed by atoms with E-state index >= 15 is 0 Å². The average Bonchev–Trinajstić information content (AvgIpc) is 3.22. The Morgan fingerprint density at radius 1 is 0.788 bits per heavy atom. The van der Waals surface area contributed by atoms with Crippen molar-refractivity contribution in [1.29, 1.82) is 0 Å². The SMILES string of the molecule is Cc1cccc(-c2nc(CN3CCN(C(c4ccccc4)c4ccccc4)CC3)c(C)[nH]2)c1. The van der Waals surface area contributed by atoms with Gasteiger partial charge in [0.15, 0.2) is 0 Å². The highest BCUT2D eigenvalue weighted by Gasteiger charge is 2.27. The van der Waals surface area contributed by atoms with Crippen LogP contribution in [0.2, 0.25) is 0 Å². The van der Waals surface area contributed by atoms with Crippen molar-refractivity contribution in [1.82, 2.24) is 19.8 Å². The third-order valence-electron chi connectivity index (χ3n) is 6.65. The van der Waals surface area contributed by atoms with Crippen LogP contribution in [0.15, 0.2) is 84.9 Å². The number of benzene rings is 3. The summed E-state index contributed by atoms with van der Waals surface area (Å²) in [5, 5.41) is 0. The first kappa shape index (κ1) is 21.6. The van der Waals surface area contributed by atoms with E-state index in [9.17, 15) is 0 Å². The Morgan fingerprint density at radius 2 is 1.42 bits per heavy atom. The summed E-state index contributed by atoms with van der Waals surface area (Å²) in [5.74, 6) is 0.970. The summed E-state index contributed by atoms with van der Waals surface area (Å²) in [5.41, 5.74) is 7.46. The van der Waals surface area contributed by atoms with Crippen molar-refractivity contribution in [3.8, 4) is 11.4 Å². The Hall–Kier alpha value is -3.21. The summed E-state index contributed by atoms with van der Waals surface area (Å²) in [6, 6.07) is 30.6. The van der Waals surface area contributed by atoms with E-state index in [0.717, 1.165) is 49.8 Å². The summed E-state index contributed by atoms with van der Waals surface area (Å²) < 4.78 is 0. The summed E-state index contributed by atoms with van der Waals surface area (Å²) >= 11 is 0. The predicted molar refractivity (Wildman–Crippen MR) is 135 cm³/mol. The van der Waals surface area contributed by atoms with Gasteiger partial charge in [0.2, 0.25) is 0 Å². The van der Waals surface area contributed by atoms with Crippen LogP contribution in [-0.2, 0) is 6.54 Å².